The summed E-state index contributed by atoms with van der Waals surface area (Å²) in [7, 11) is 0. The number of hydrogen-bond donors (Lipinski definition) is 1. The largest absolute Gasteiger partial charge is 0.490 e. The second-order valence-electron chi connectivity index (χ2n) is 15.7. The molecule has 57 heavy (non-hydrogen) atoms. The summed E-state index contributed by atoms with van der Waals surface area (Å²) in [6.07, 6.45) is 8.93. The van der Waals surface area contributed by atoms with Crippen molar-refractivity contribution in [1.82, 2.24) is 30.3 Å². The summed E-state index contributed by atoms with van der Waals surface area (Å²) < 4.78 is 8.29. The van der Waals surface area contributed by atoms with Crippen molar-refractivity contribution in [3.63, 3.8) is 0 Å². The first kappa shape index (κ1) is 38.7. The van der Waals surface area contributed by atoms with Gasteiger partial charge in [0.25, 0.3) is 5.91 Å². The third-order valence-electron chi connectivity index (χ3n) is 11.8. The number of aromatic nitrogens is 5. The van der Waals surface area contributed by atoms with E-state index >= 15 is 0 Å². The summed E-state index contributed by atoms with van der Waals surface area (Å²) in [5.41, 5.74) is 6.74. The zero-order chi connectivity index (χ0) is 39.6. The minimum atomic E-state index is -0.194. The van der Waals surface area contributed by atoms with Gasteiger partial charge in [-0.25, -0.2) is 0 Å². The number of nitrogens with one attached hydrogen (secondary N) is 1. The highest BCUT2D eigenvalue weighted by Crippen LogP contribution is 2.39. The van der Waals surface area contributed by atoms with E-state index in [1.165, 1.54) is 28.0 Å². The Balaban J connectivity index is 0.806. The number of rotatable bonds is 10. The van der Waals surface area contributed by atoms with E-state index in [1.807, 2.05) is 13.0 Å². The monoisotopic (exact) mass is 801 g/mol. The van der Waals surface area contributed by atoms with Gasteiger partial charge in [-0.15, -0.1) is 31.7 Å². The second kappa shape index (κ2) is 16.8. The molecule has 2 aliphatic heterocycles. The van der Waals surface area contributed by atoms with Crippen molar-refractivity contribution < 1.29 is 9.53 Å². The fourth-order valence-electron chi connectivity index (χ4n) is 8.46. The Kier molecular flexibility index (Phi) is 11.4. The molecule has 13 heteroatoms. The van der Waals surface area contributed by atoms with E-state index in [-0.39, 0.29) is 24.1 Å². The predicted molar refractivity (Wildman–Crippen MR) is 224 cm³/mol. The van der Waals surface area contributed by atoms with Crippen LogP contribution in [0.2, 0.25) is 5.02 Å². The number of hydrogen-bond acceptors (Lipinski definition) is 10. The normalized spacial score (nSPS) is 20.5. The Hall–Kier alpha value is -5.12. The van der Waals surface area contributed by atoms with Gasteiger partial charge in [0.1, 0.15) is 28.7 Å². The standard InChI is InChI=1S/C44H48ClN9O2S/c1-26-28(3)57-44-40(26)41(47-27(2)42-52-49-29(4)54(42)44)32-12-10-30(11-13-32)7-5-8-31-9-6-22-53(25-31)39-21-20-38(50-51-39)43(55)48-34-15-18-35(19-16-34)56-36-17-14-33(24-46)37(45)23-36/h10-14,17,20-21,23,27,31,34-35H,5-9,15-16,18-19,22,25H2,1-4H3,(H,48,55)/t27-,31-,34?,35?/m0/s1. The number of aliphatic imine (C=N–C) groups is 1. The van der Waals surface area contributed by atoms with Gasteiger partial charge in [0.15, 0.2) is 17.3 Å². The van der Waals surface area contributed by atoms with Crippen molar-refractivity contribution in [2.45, 2.75) is 104 Å². The number of fused-ring (bicyclic) bond motifs is 3. The molecule has 1 saturated carbocycles. The van der Waals surface area contributed by atoms with E-state index in [0.29, 0.717) is 27.9 Å². The molecule has 294 valence electrons. The van der Waals surface area contributed by atoms with E-state index in [2.05, 4.69) is 86.3 Å². The van der Waals surface area contributed by atoms with Gasteiger partial charge >= 0.3 is 0 Å². The van der Waals surface area contributed by atoms with Crippen molar-refractivity contribution in [1.29, 1.82) is 5.26 Å². The summed E-state index contributed by atoms with van der Waals surface area (Å²) in [6.45, 7) is 10.4. The molecule has 3 aliphatic rings. The van der Waals surface area contributed by atoms with Gasteiger partial charge < -0.3 is 15.0 Å². The van der Waals surface area contributed by atoms with Crippen molar-refractivity contribution in [3.8, 4) is 16.8 Å². The van der Waals surface area contributed by atoms with E-state index < -0.39 is 0 Å². The molecule has 5 heterocycles. The van der Waals surface area contributed by atoms with Gasteiger partial charge in [0.2, 0.25) is 0 Å². The average Bonchev–Trinajstić information content (AvgIpc) is 3.71. The lowest BCUT2D eigenvalue weighted by atomic mass is 9.91. The molecule has 8 rings (SSSR count). The smallest absolute Gasteiger partial charge is 0.272 e. The molecule has 2 atom stereocenters. The Bertz CT molecular complexity index is 2320. The van der Waals surface area contributed by atoms with Gasteiger partial charge in [-0.1, -0.05) is 35.9 Å². The SMILES string of the molecule is Cc1sc2c(c1C)C(c1ccc(CCC[C@H]3CCCN(c4ccc(C(=O)NC5CCC(Oc6ccc(C#N)c(Cl)c6)CC5)nn4)C3)cc1)=N[C@@H](C)c1nnc(C)n1-2. The zero-order valence-electron chi connectivity index (χ0n) is 33.0. The van der Waals surface area contributed by atoms with Crippen LogP contribution >= 0.6 is 22.9 Å². The van der Waals surface area contributed by atoms with Crippen LogP contribution in [-0.2, 0) is 6.42 Å². The number of anilines is 1. The van der Waals surface area contributed by atoms with Crippen LogP contribution in [0.3, 0.4) is 0 Å². The molecule has 0 radical (unpaired) electrons. The number of halogens is 1. The minimum Gasteiger partial charge on any atom is -0.490 e. The van der Waals surface area contributed by atoms with Crippen molar-refractivity contribution in [3.05, 3.63) is 110 Å². The summed E-state index contributed by atoms with van der Waals surface area (Å²) >= 11 is 7.96. The number of ether oxygens (including phenoxy) is 1. The Morgan fingerprint density at radius 1 is 1.00 bits per heavy atom. The highest BCUT2D eigenvalue weighted by Gasteiger charge is 2.30. The van der Waals surface area contributed by atoms with E-state index in [9.17, 15) is 4.79 Å². The number of nitrogens with zero attached hydrogens (tertiary/aromatic N) is 8. The molecule has 2 fully saturated rings. The first-order valence-electron chi connectivity index (χ1n) is 20.1. The van der Waals surface area contributed by atoms with Crippen molar-refractivity contribution >= 4 is 40.4 Å². The number of thiophene rings is 1. The number of carbonyl (C=O) groups excluding carboxylic acids is 1. The number of amides is 1. The van der Waals surface area contributed by atoms with Crippen molar-refractivity contribution in [2.24, 2.45) is 10.9 Å². The van der Waals surface area contributed by atoms with E-state index in [1.54, 1.807) is 35.6 Å². The van der Waals surface area contributed by atoms with Crippen LogP contribution in [0.1, 0.15) is 119 Å². The summed E-state index contributed by atoms with van der Waals surface area (Å²) in [5.74, 6) is 3.67. The first-order valence-corrected chi connectivity index (χ1v) is 21.3. The second-order valence-corrected chi connectivity index (χ2v) is 17.3. The number of carbonyl (C=O) groups is 1. The number of nitriles is 1. The lowest BCUT2D eigenvalue weighted by molar-refractivity contribution is 0.0888. The molecule has 11 nitrogen and oxygen atoms in total. The quantitative estimate of drug-likeness (QED) is 0.148. The lowest BCUT2D eigenvalue weighted by Crippen LogP contribution is -2.40. The van der Waals surface area contributed by atoms with Crippen LogP contribution in [0, 0.1) is 38.0 Å². The number of aryl methyl sites for hydroxylation is 3. The molecular formula is C44H48ClN9O2S. The summed E-state index contributed by atoms with van der Waals surface area (Å²) in [6, 6.07) is 19.9. The molecular weight excluding hydrogens is 754 g/mol. The van der Waals surface area contributed by atoms with Gasteiger partial charge in [0.05, 0.1) is 22.4 Å². The van der Waals surface area contributed by atoms with Crippen LogP contribution in [0.25, 0.3) is 5.00 Å². The molecule has 1 saturated heterocycles. The molecule has 0 spiro atoms. The third-order valence-corrected chi connectivity index (χ3v) is 13.3. The molecule has 2 aromatic carbocycles. The maximum absolute atomic E-state index is 13.1. The van der Waals surface area contributed by atoms with Gasteiger partial charge in [-0.05, 0) is 127 Å². The molecule has 1 amide bonds. The van der Waals surface area contributed by atoms with Gasteiger partial charge in [-0.3, -0.25) is 14.4 Å². The molecule has 5 aromatic rings. The first-order chi connectivity index (χ1) is 27.6. The topological polar surface area (TPSA) is 134 Å². The van der Waals surface area contributed by atoms with Crippen LogP contribution in [0.4, 0.5) is 5.82 Å². The number of benzene rings is 2. The Morgan fingerprint density at radius 3 is 2.54 bits per heavy atom. The Labute approximate surface area is 343 Å². The predicted octanol–water partition coefficient (Wildman–Crippen LogP) is 8.84. The molecule has 1 N–H and O–H groups in total. The van der Waals surface area contributed by atoms with Gasteiger partial charge in [0, 0.05) is 41.2 Å². The fourth-order valence-corrected chi connectivity index (χ4v) is 9.89. The Morgan fingerprint density at radius 2 is 1.81 bits per heavy atom. The maximum atomic E-state index is 13.1. The van der Waals surface area contributed by atoms with Crippen LogP contribution in [0.15, 0.2) is 59.6 Å². The van der Waals surface area contributed by atoms with Crippen LogP contribution in [-0.4, -0.2) is 61.8 Å². The van der Waals surface area contributed by atoms with E-state index in [4.69, 9.17) is 26.6 Å². The lowest BCUT2D eigenvalue weighted by Gasteiger charge is -2.33. The van der Waals surface area contributed by atoms with Crippen LogP contribution < -0.4 is 15.0 Å². The molecule has 0 unspecified atom stereocenters. The minimum absolute atomic E-state index is 0.0397. The average molecular weight is 802 g/mol. The fraction of sp³-hybridized carbons (Fsp3) is 0.432. The van der Waals surface area contributed by atoms with Gasteiger partial charge in [-0.2, -0.15) is 5.26 Å². The summed E-state index contributed by atoms with van der Waals surface area (Å²) in [4.78, 5) is 21.9. The maximum Gasteiger partial charge on any atom is 0.272 e. The van der Waals surface area contributed by atoms with Crippen LogP contribution in [0.5, 0.6) is 5.75 Å². The molecule has 3 aromatic heterocycles. The highest BCUT2D eigenvalue weighted by atomic mass is 35.5. The number of piperidine rings is 1. The van der Waals surface area contributed by atoms with Crippen molar-refractivity contribution in [2.75, 3.05) is 18.0 Å². The summed E-state index contributed by atoms with van der Waals surface area (Å²) in [5, 5.41) is 31.5. The zero-order valence-corrected chi connectivity index (χ0v) is 34.5. The third kappa shape index (κ3) is 8.32. The molecule has 1 aliphatic carbocycles. The molecule has 0 bridgehead atoms. The van der Waals surface area contributed by atoms with E-state index in [0.717, 1.165) is 98.2 Å². The highest BCUT2D eigenvalue weighted by molar-refractivity contribution is 7.15.